The smallest absolute Gasteiger partial charge is 0.317 e. The maximum absolute atomic E-state index is 12.2. The Kier molecular flexibility index (Phi) is 6.88. The van der Waals surface area contributed by atoms with Crippen LogP contribution in [0.1, 0.15) is 18.9 Å². The highest BCUT2D eigenvalue weighted by Crippen LogP contribution is 2.19. The summed E-state index contributed by atoms with van der Waals surface area (Å²) in [6.45, 7) is 3.09. The van der Waals surface area contributed by atoms with E-state index < -0.39 is 13.0 Å². The number of hydrogen-bond acceptors (Lipinski definition) is 4. The molecular formula is C15H21F2N3O2S. The summed E-state index contributed by atoms with van der Waals surface area (Å²) in [5, 5.41) is 3.37. The number of aromatic nitrogens is 1. The highest BCUT2D eigenvalue weighted by Gasteiger charge is 2.19. The first-order valence-corrected chi connectivity index (χ1v) is 8.60. The van der Waals surface area contributed by atoms with Gasteiger partial charge in [-0.3, -0.25) is 0 Å². The van der Waals surface area contributed by atoms with Gasteiger partial charge in [0, 0.05) is 42.4 Å². The Morgan fingerprint density at radius 2 is 2.39 bits per heavy atom. The minimum Gasteiger partial charge on any atom is -0.471 e. The minimum atomic E-state index is -2.56. The van der Waals surface area contributed by atoms with Crippen LogP contribution in [0.5, 0.6) is 5.88 Å². The molecule has 0 unspecified atom stereocenters. The zero-order valence-corrected chi connectivity index (χ0v) is 13.8. The zero-order chi connectivity index (χ0) is 16.7. The van der Waals surface area contributed by atoms with Gasteiger partial charge in [0.25, 0.3) is 6.43 Å². The summed E-state index contributed by atoms with van der Waals surface area (Å²) in [5.74, 6) is 1.05. The van der Waals surface area contributed by atoms with Crippen molar-refractivity contribution in [3.05, 3.63) is 23.9 Å². The number of carbonyl (C=O) groups excluding carboxylic acids is 1. The molecule has 0 bridgehead atoms. The van der Waals surface area contributed by atoms with Gasteiger partial charge in [0.05, 0.1) is 0 Å². The molecule has 0 saturated carbocycles. The van der Waals surface area contributed by atoms with Crippen molar-refractivity contribution in [1.82, 2.24) is 15.2 Å². The van der Waals surface area contributed by atoms with E-state index >= 15 is 0 Å². The number of ether oxygens (including phenoxy) is 1. The molecule has 1 aliphatic heterocycles. The molecule has 128 valence electrons. The molecule has 1 fully saturated rings. The van der Waals surface area contributed by atoms with Gasteiger partial charge >= 0.3 is 6.03 Å². The number of nitrogens with zero attached hydrogens (tertiary/aromatic N) is 2. The van der Waals surface area contributed by atoms with Crippen molar-refractivity contribution in [2.24, 2.45) is 0 Å². The van der Waals surface area contributed by atoms with Gasteiger partial charge in [-0.2, -0.15) is 11.8 Å². The zero-order valence-electron chi connectivity index (χ0n) is 13.0. The largest absolute Gasteiger partial charge is 0.471 e. The quantitative estimate of drug-likeness (QED) is 0.892. The second kappa shape index (κ2) is 8.90. The van der Waals surface area contributed by atoms with Crippen LogP contribution in [-0.4, -0.2) is 53.0 Å². The van der Waals surface area contributed by atoms with Crippen LogP contribution in [-0.2, 0) is 6.54 Å². The van der Waals surface area contributed by atoms with Gasteiger partial charge in [-0.05, 0) is 12.5 Å². The lowest BCUT2D eigenvalue weighted by Gasteiger charge is -2.21. The van der Waals surface area contributed by atoms with Crippen molar-refractivity contribution in [1.29, 1.82) is 0 Å². The summed E-state index contributed by atoms with van der Waals surface area (Å²) in [4.78, 5) is 18.0. The molecule has 1 aromatic rings. The summed E-state index contributed by atoms with van der Waals surface area (Å²) in [6, 6.07) is 3.23. The fraction of sp³-hybridized carbons (Fsp3) is 0.600. The normalized spacial score (nSPS) is 18.6. The van der Waals surface area contributed by atoms with Gasteiger partial charge in [0.1, 0.15) is 0 Å². The van der Waals surface area contributed by atoms with Crippen molar-refractivity contribution in [2.45, 2.75) is 31.6 Å². The van der Waals surface area contributed by atoms with Crippen LogP contribution >= 0.6 is 11.8 Å². The number of amides is 2. The molecule has 0 radical (unpaired) electrons. The van der Waals surface area contributed by atoms with Crippen molar-refractivity contribution < 1.29 is 18.3 Å². The van der Waals surface area contributed by atoms with Crippen LogP contribution in [0.4, 0.5) is 13.6 Å². The fourth-order valence-electron chi connectivity index (χ4n) is 2.21. The van der Waals surface area contributed by atoms with Gasteiger partial charge in [0.2, 0.25) is 5.88 Å². The molecule has 1 atom stereocenters. The highest BCUT2D eigenvalue weighted by molar-refractivity contribution is 7.99. The Labute approximate surface area is 138 Å². The fourth-order valence-corrected chi connectivity index (χ4v) is 3.21. The van der Waals surface area contributed by atoms with Crippen LogP contribution in [0.25, 0.3) is 0 Å². The molecule has 2 amide bonds. The Hall–Kier alpha value is -1.57. The van der Waals surface area contributed by atoms with E-state index in [-0.39, 0.29) is 18.5 Å². The number of nitrogens with one attached hydrogen (secondary N) is 1. The first-order chi connectivity index (χ1) is 11.1. The number of rotatable bonds is 5. The summed E-state index contributed by atoms with van der Waals surface area (Å²) in [7, 11) is 0. The number of carbonyl (C=O) groups is 1. The van der Waals surface area contributed by atoms with Gasteiger partial charge in [-0.25, -0.2) is 18.6 Å². The predicted molar refractivity (Wildman–Crippen MR) is 86.1 cm³/mol. The molecule has 2 rings (SSSR count). The molecule has 0 spiro atoms. The third-order valence-corrected chi connectivity index (χ3v) is 4.71. The van der Waals surface area contributed by atoms with Crippen molar-refractivity contribution in [3.8, 4) is 5.88 Å². The van der Waals surface area contributed by atoms with E-state index in [0.29, 0.717) is 17.4 Å². The number of urea groups is 1. The minimum absolute atomic E-state index is 0.133. The average Bonchev–Trinajstić information content (AvgIpc) is 2.76. The van der Waals surface area contributed by atoms with Crippen molar-refractivity contribution in [3.63, 3.8) is 0 Å². The predicted octanol–water partition coefficient (Wildman–Crippen LogP) is 2.76. The van der Waals surface area contributed by atoms with Gasteiger partial charge < -0.3 is 15.0 Å². The molecule has 23 heavy (non-hydrogen) atoms. The monoisotopic (exact) mass is 345 g/mol. The number of thioether (sulfide) groups is 1. The maximum Gasteiger partial charge on any atom is 0.317 e. The van der Waals surface area contributed by atoms with Crippen LogP contribution in [0.3, 0.4) is 0 Å². The summed E-state index contributed by atoms with van der Waals surface area (Å²) in [6.07, 6.45) is -0.121. The van der Waals surface area contributed by atoms with Gasteiger partial charge in [0.15, 0.2) is 6.61 Å². The lowest BCUT2D eigenvalue weighted by atomic mass is 10.2. The summed E-state index contributed by atoms with van der Waals surface area (Å²) in [5.41, 5.74) is 0.582. The van der Waals surface area contributed by atoms with Crippen LogP contribution in [0, 0.1) is 0 Å². The van der Waals surface area contributed by atoms with Crippen molar-refractivity contribution >= 4 is 17.8 Å². The maximum atomic E-state index is 12.2. The molecular weight excluding hydrogens is 324 g/mol. The average molecular weight is 345 g/mol. The number of pyridine rings is 1. The van der Waals surface area contributed by atoms with E-state index in [1.54, 1.807) is 17.0 Å². The Bertz CT molecular complexity index is 519. The van der Waals surface area contributed by atoms with E-state index in [2.05, 4.69) is 17.2 Å². The highest BCUT2D eigenvalue weighted by atomic mass is 32.2. The lowest BCUT2D eigenvalue weighted by Crippen LogP contribution is -2.41. The molecule has 5 nitrogen and oxygen atoms in total. The number of halogens is 2. The lowest BCUT2D eigenvalue weighted by molar-refractivity contribution is 0.0790. The SMILES string of the molecule is C[C@H]1CCN(C(=O)NCc2cccnc2OCC(F)F)CCS1. The third kappa shape index (κ3) is 5.85. The van der Waals surface area contributed by atoms with E-state index in [4.69, 9.17) is 4.74 Å². The van der Waals surface area contributed by atoms with E-state index in [1.807, 2.05) is 11.8 Å². The third-order valence-electron chi connectivity index (χ3n) is 3.48. The van der Waals surface area contributed by atoms with Crippen LogP contribution in [0.15, 0.2) is 18.3 Å². The number of alkyl halides is 2. The molecule has 0 aliphatic carbocycles. The molecule has 8 heteroatoms. The first kappa shape index (κ1) is 17.8. The number of hydrogen-bond donors (Lipinski definition) is 1. The van der Waals surface area contributed by atoms with Gasteiger partial charge in [-0.1, -0.05) is 13.0 Å². The molecule has 1 aliphatic rings. The Balaban J connectivity index is 1.88. The summed E-state index contributed by atoms with van der Waals surface area (Å²) >= 11 is 1.86. The Morgan fingerprint density at radius 3 is 3.17 bits per heavy atom. The second-order valence-electron chi connectivity index (χ2n) is 5.29. The van der Waals surface area contributed by atoms with E-state index in [0.717, 1.165) is 18.7 Å². The molecule has 1 aromatic heterocycles. The molecule has 1 N–H and O–H groups in total. The van der Waals surface area contributed by atoms with Crippen LogP contribution < -0.4 is 10.1 Å². The van der Waals surface area contributed by atoms with Crippen LogP contribution in [0.2, 0.25) is 0 Å². The molecule has 1 saturated heterocycles. The molecule has 0 aromatic carbocycles. The van der Waals surface area contributed by atoms with E-state index in [9.17, 15) is 13.6 Å². The standard InChI is InChI=1S/C15H21F2N3O2S/c1-11-4-6-20(7-8-23-11)15(21)19-9-12-3-2-5-18-14(12)22-10-13(16)17/h2-3,5,11,13H,4,6-10H2,1H3,(H,19,21)/t11-/m0/s1. The second-order valence-corrected chi connectivity index (χ2v) is 6.83. The molecule has 2 heterocycles. The topological polar surface area (TPSA) is 54.5 Å². The first-order valence-electron chi connectivity index (χ1n) is 7.55. The van der Waals surface area contributed by atoms with Gasteiger partial charge in [-0.15, -0.1) is 0 Å². The Morgan fingerprint density at radius 1 is 1.57 bits per heavy atom. The van der Waals surface area contributed by atoms with E-state index in [1.165, 1.54) is 6.20 Å². The van der Waals surface area contributed by atoms with Crippen molar-refractivity contribution in [2.75, 3.05) is 25.4 Å². The summed E-state index contributed by atoms with van der Waals surface area (Å²) < 4.78 is 29.5.